The van der Waals surface area contributed by atoms with Gasteiger partial charge in [0.05, 0.1) is 24.9 Å². The van der Waals surface area contributed by atoms with Gasteiger partial charge >= 0.3 is 5.97 Å². The number of nitrogens with one attached hydrogen (secondary N) is 2. The van der Waals surface area contributed by atoms with Gasteiger partial charge < -0.3 is 10.1 Å². The van der Waals surface area contributed by atoms with E-state index in [2.05, 4.69) is 30.5 Å². The number of rotatable bonds is 7. The van der Waals surface area contributed by atoms with E-state index < -0.39 is 0 Å². The fourth-order valence-electron chi connectivity index (χ4n) is 2.42. The normalized spacial score (nSPS) is 10.5. The predicted octanol–water partition coefficient (Wildman–Crippen LogP) is 2.60. The molecule has 0 bridgehead atoms. The number of nitrogens with zero attached hydrogens (tertiary/aromatic N) is 4. The van der Waals surface area contributed by atoms with E-state index in [0.29, 0.717) is 30.5 Å². The lowest BCUT2D eigenvalue weighted by molar-refractivity contribution is -0.142. The molecule has 134 valence electrons. The largest absolute Gasteiger partial charge is 0.466 e. The van der Waals surface area contributed by atoms with E-state index in [1.807, 2.05) is 31.2 Å². The van der Waals surface area contributed by atoms with Gasteiger partial charge in [0.25, 0.3) is 0 Å². The summed E-state index contributed by atoms with van der Waals surface area (Å²) < 4.78 is 4.94. The Labute approximate surface area is 151 Å². The highest BCUT2D eigenvalue weighted by atomic mass is 16.5. The third-order valence-corrected chi connectivity index (χ3v) is 3.67. The maximum absolute atomic E-state index is 11.5. The maximum atomic E-state index is 11.5. The van der Waals surface area contributed by atoms with Gasteiger partial charge in [0.1, 0.15) is 11.5 Å². The van der Waals surface area contributed by atoms with Gasteiger partial charge in [0, 0.05) is 30.1 Å². The number of esters is 1. The van der Waals surface area contributed by atoms with Crippen LogP contribution in [0.5, 0.6) is 0 Å². The summed E-state index contributed by atoms with van der Waals surface area (Å²) in [6, 6.07) is 7.40. The van der Waals surface area contributed by atoms with Crippen molar-refractivity contribution in [3.8, 4) is 22.8 Å². The van der Waals surface area contributed by atoms with Crippen LogP contribution in [-0.4, -0.2) is 44.3 Å². The fourth-order valence-corrected chi connectivity index (χ4v) is 2.42. The molecule has 26 heavy (non-hydrogen) atoms. The Morgan fingerprint density at radius 3 is 2.85 bits per heavy atom. The molecule has 0 aliphatic rings. The van der Waals surface area contributed by atoms with Crippen LogP contribution in [0.4, 0.5) is 5.82 Å². The zero-order chi connectivity index (χ0) is 18.4. The molecule has 0 spiro atoms. The van der Waals surface area contributed by atoms with Crippen molar-refractivity contribution in [3.63, 3.8) is 0 Å². The first kappa shape index (κ1) is 17.5. The number of aryl methyl sites for hydroxylation is 1. The zero-order valence-electron chi connectivity index (χ0n) is 14.7. The minimum atomic E-state index is -0.245. The van der Waals surface area contributed by atoms with Gasteiger partial charge in [-0.15, -0.1) is 0 Å². The van der Waals surface area contributed by atoms with E-state index >= 15 is 0 Å². The monoisotopic (exact) mass is 352 g/mol. The number of carbonyl (C=O) groups excluding carboxylic acids is 1. The Balaban J connectivity index is 1.88. The molecular formula is C18H20N6O2. The third kappa shape index (κ3) is 4.21. The first-order chi connectivity index (χ1) is 12.7. The molecule has 0 fully saturated rings. The van der Waals surface area contributed by atoms with Crippen LogP contribution in [0.1, 0.15) is 19.0 Å². The van der Waals surface area contributed by atoms with Crippen molar-refractivity contribution in [3.05, 3.63) is 42.4 Å². The summed E-state index contributed by atoms with van der Waals surface area (Å²) in [5.41, 5.74) is 3.20. The van der Waals surface area contributed by atoms with Crippen molar-refractivity contribution in [1.82, 2.24) is 25.1 Å². The van der Waals surface area contributed by atoms with Crippen LogP contribution in [0.15, 0.2) is 36.7 Å². The van der Waals surface area contributed by atoms with E-state index in [-0.39, 0.29) is 12.4 Å². The number of aromatic amines is 1. The van der Waals surface area contributed by atoms with Gasteiger partial charge in [-0.2, -0.15) is 5.10 Å². The van der Waals surface area contributed by atoms with Crippen molar-refractivity contribution in [1.29, 1.82) is 0 Å². The Hall–Kier alpha value is -3.29. The topological polar surface area (TPSA) is 106 Å². The Kier molecular flexibility index (Phi) is 5.52. The van der Waals surface area contributed by atoms with Gasteiger partial charge in [-0.25, -0.2) is 9.97 Å². The molecule has 0 unspecified atom stereocenters. The van der Waals surface area contributed by atoms with Gasteiger partial charge in [0.15, 0.2) is 5.82 Å². The molecule has 3 rings (SSSR count). The number of ether oxygens (including phenoxy) is 1. The summed E-state index contributed by atoms with van der Waals surface area (Å²) >= 11 is 0. The molecule has 8 heteroatoms. The third-order valence-electron chi connectivity index (χ3n) is 3.67. The number of carbonyl (C=O) groups is 1. The number of anilines is 1. The highest BCUT2D eigenvalue weighted by Gasteiger charge is 2.12. The van der Waals surface area contributed by atoms with Crippen molar-refractivity contribution in [2.24, 2.45) is 0 Å². The molecule has 3 aromatic rings. The van der Waals surface area contributed by atoms with Crippen molar-refractivity contribution < 1.29 is 9.53 Å². The standard InChI is InChI=1S/C18H20N6O2/c1-3-26-17(25)7-9-20-16-10-15(13-11-21-24-12(13)2)22-18(23-16)14-6-4-5-8-19-14/h4-6,8,10-11H,3,7,9H2,1-2H3,(H,21,24)(H,20,22,23). The van der Waals surface area contributed by atoms with Crippen LogP contribution in [0, 0.1) is 6.92 Å². The quantitative estimate of drug-likeness (QED) is 0.630. The number of pyridine rings is 1. The van der Waals surface area contributed by atoms with Crippen LogP contribution in [0.2, 0.25) is 0 Å². The van der Waals surface area contributed by atoms with Gasteiger partial charge in [-0.05, 0) is 26.0 Å². The first-order valence-corrected chi connectivity index (χ1v) is 8.37. The Morgan fingerprint density at radius 2 is 2.15 bits per heavy atom. The molecule has 0 aliphatic heterocycles. The van der Waals surface area contributed by atoms with Crippen molar-refractivity contribution in [2.45, 2.75) is 20.3 Å². The van der Waals surface area contributed by atoms with Crippen LogP contribution >= 0.6 is 0 Å². The average Bonchev–Trinajstić information content (AvgIpc) is 3.08. The molecule has 3 aromatic heterocycles. The number of hydrogen-bond donors (Lipinski definition) is 2. The smallest absolute Gasteiger partial charge is 0.307 e. The van der Waals surface area contributed by atoms with Gasteiger partial charge in [-0.1, -0.05) is 6.07 Å². The molecule has 0 radical (unpaired) electrons. The van der Waals surface area contributed by atoms with E-state index in [4.69, 9.17) is 4.74 Å². The second-order valence-electron chi connectivity index (χ2n) is 5.57. The number of hydrogen-bond acceptors (Lipinski definition) is 7. The molecule has 3 heterocycles. The molecule has 0 atom stereocenters. The SMILES string of the molecule is CCOC(=O)CCNc1cc(-c2cn[nH]c2C)nc(-c2ccccn2)n1. The van der Waals surface area contributed by atoms with Crippen LogP contribution in [-0.2, 0) is 9.53 Å². The van der Waals surface area contributed by atoms with Gasteiger partial charge in [-0.3, -0.25) is 14.9 Å². The molecule has 0 aromatic carbocycles. The summed E-state index contributed by atoms with van der Waals surface area (Å²) in [7, 11) is 0. The number of H-pyrrole nitrogens is 1. The van der Waals surface area contributed by atoms with E-state index in [9.17, 15) is 4.79 Å². The highest BCUT2D eigenvalue weighted by molar-refractivity contribution is 5.70. The molecule has 0 aliphatic carbocycles. The lowest BCUT2D eigenvalue weighted by atomic mass is 10.2. The predicted molar refractivity (Wildman–Crippen MR) is 97.3 cm³/mol. The second kappa shape index (κ2) is 8.19. The van der Waals surface area contributed by atoms with Crippen molar-refractivity contribution >= 4 is 11.8 Å². The fraction of sp³-hybridized carbons (Fsp3) is 0.278. The van der Waals surface area contributed by atoms with E-state index in [1.54, 1.807) is 19.3 Å². The van der Waals surface area contributed by atoms with E-state index in [0.717, 1.165) is 17.0 Å². The van der Waals surface area contributed by atoms with Crippen molar-refractivity contribution in [2.75, 3.05) is 18.5 Å². The minimum Gasteiger partial charge on any atom is -0.466 e. The number of aromatic nitrogens is 5. The van der Waals surface area contributed by atoms with Gasteiger partial charge in [0.2, 0.25) is 0 Å². The second-order valence-corrected chi connectivity index (χ2v) is 5.57. The molecule has 0 saturated heterocycles. The lowest BCUT2D eigenvalue weighted by Gasteiger charge is -2.09. The lowest BCUT2D eigenvalue weighted by Crippen LogP contribution is -2.12. The summed E-state index contributed by atoms with van der Waals surface area (Å²) in [5, 5.41) is 10.1. The summed E-state index contributed by atoms with van der Waals surface area (Å²) in [5.74, 6) is 0.868. The van der Waals surface area contributed by atoms with Crippen LogP contribution < -0.4 is 5.32 Å². The van der Waals surface area contributed by atoms with E-state index in [1.165, 1.54) is 0 Å². The highest BCUT2D eigenvalue weighted by Crippen LogP contribution is 2.24. The summed E-state index contributed by atoms with van der Waals surface area (Å²) in [4.78, 5) is 25.0. The summed E-state index contributed by atoms with van der Waals surface area (Å²) in [6.07, 6.45) is 3.68. The average molecular weight is 352 g/mol. The Bertz CT molecular complexity index is 878. The first-order valence-electron chi connectivity index (χ1n) is 8.37. The van der Waals surface area contributed by atoms with Crippen LogP contribution in [0.3, 0.4) is 0 Å². The maximum Gasteiger partial charge on any atom is 0.307 e. The molecular weight excluding hydrogens is 332 g/mol. The molecule has 0 amide bonds. The molecule has 2 N–H and O–H groups in total. The Morgan fingerprint density at radius 1 is 1.27 bits per heavy atom. The molecule has 0 saturated carbocycles. The zero-order valence-corrected chi connectivity index (χ0v) is 14.7. The van der Waals surface area contributed by atoms with Crippen LogP contribution in [0.25, 0.3) is 22.8 Å². The molecule has 8 nitrogen and oxygen atoms in total. The minimum absolute atomic E-state index is 0.245. The summed E-state index contributed by atoms with van der Waals surface area (Å²) in [6.45, 7) is 4.51.